The number of hydrogen-bond donors (Lipinski definition) is 1. The number of aryl methyl sites for hydroxylation is 1. The molecule has 1 N–H and O–H groups in total. The second kappa shape index (κ2) is 5.33. The number of benzene rings is 1. The summed E-state index contributed by atoms with van der Waals surface area (Å²) in [6.07, 6.45) is 0. The summed E-state index contributed by atoms with van der Waals surface area (Å²) < 4.78 is 0.881. The average Bonchev–Trinajstić information content (AvgIpc) is 2.25. The molecule has 0 aromatic heterocycles. The second-order valence-electron chi connectivity index (χ2n) is 5.11. The molecule has 0 bridgehead atoms. The molecule has 2 rings (SSSR count). The van der Waals surface area contributed by atoms with Gasteiger partial charge in [-0.3, -0.25) is 9.59 Å². The fourth-order valence-corrected chi connectivity index (χ4v) is 2.85. The molecular formula is C14H16BrNO3. The van der Waals surface area contributed by atoms with Gasteiger partial charge in [0.1, 0.15) is 0 Å². The molecule has 102 valence electrons. The summed E-state index contributed by atoms with van der Waals surface area (Å²) in [5.41, 5.74) is 1.67. The summed E-state index contributed by atoms with van der Waals surface area (Å²) in [4.78, 5) is 24.8. The highest BCUT2D eigenvalue weighted by Crippen LogP contribution is 2.26. The van der Waals surface area contributed by atoms with Crippen LogP contribution in [0, 0.1) is 18.8 Å². The normalized spacial score (nSPS) is 16.9. The number of likely N-dealkylation sites (tertiary alicyclic amines) is 1. The van der Waals surface area contributed by atoms with Crippen LogP contribution in [0.1, 0.15) is 22.8 Å². The Morgan fingerprint density at radius 2 is 2.00 bits per heavy atom. The fraction of sp³-hybridized carbons (Fsp3) is 0.429. The monoisotopic (exact) mass is 325 g/mol. The fourth-order valence-electron chi connectivity index (χ4n) is 2.24. The SMILES string of the molecule is Cc1cc(Br)cc(C(=O)N2CC(C(C)C(=O)O)C2)c1. The van der Waals surface area contributed by atoms with Crippen LogP contribution >= 0.6 is 15.9 Å². The van der Waals surface area contributed by atoms with Crippen molar-refractivity contribution in [1.82, 2.24) is 4.90 Å². The van der Waals surface area contributed by atoms with Crippen LogP contribution in [0.3, 0.4) is 0 Å². The first-order valence-corrected chi connectivity index (χ1v) is 6.97. The minimum Gasteiger partial charge on any atom is -0.481 e. The van der Waals surface area contributed by atoms with E-state index in [1.54, 1.807) is 17.9 Å². The van der Waals surface area contributed by atoms with Gasteiger partial charge in [-0.15, -0.1) is 0 Å². The van der Waals surface area contributed by atoms with E-state index >= 15 is 0 Å². The van der Waals surface area contributed by atoms with Crippen molar-refractivity contribution in [2.24, 2.45) is 11.8 Å². The van der Waals surface area contributed by atoms with Gasteiger partial charge in [0.25, 0.3) is 5.91 Å². The zero-order chi connectivity index (χ0) is 14.2. The molecule has 1 aromatic rings. The molecule has 1 aromatic carbocycles. The lowest BCUT2D eigenvalue weighted by molar-refractivity contribution is -0.144. The molecule has 1 heterocycles. The largest absolute Gasteiger partial charge is 0.481 e. The summed E-state index contributed by atoms with van der Waals surface area (Å²) in [7, 11) is 0. The molecule has 0 aliphatic carbocycles. The minimum absolute atomic E-state index is 0.0294. The smallest absolute Gasteiger partial charge is 0.306 e. The Bertz CT molecular complexity index is 503. The topological polar surface area (TPSA) is 57.6 Å². The molecule has 1 fully saturated rings. The summed E-state index contributed by atoms with van der Waals surface area (Å²) in [5, 5.41) is 8.92. The lowest BCUT2D eigenvalue weighted by atomic mass is 9.86. The molecule has 19 heavy (non-hydrogen) atoms. The van der Waals surface area contributed by atoms with Crippen LogP contribution in [0.25, 0.3) is 0 Å². The van der Waals surface area contributed by atoms with Crippen LogP contribution in [0.4, 0.5) is 0 Å². The van der Waals surface area contributed by atoms with Gasteiger partial charge in [0.05, 0.1) is 5.92 Å². The van der Waals surface area contributed by atoms with Crippen molar-refractivity contribution in [1.29, 1.82) is 0 Å². The number of amides is 1. The van der Waals surface area contributed by atoms with Crippen molar-refractivity contribution in [3.05, 3.63) is 33.8 Å². The molecule has 0 spiro atoms. The Balaban J connectivity index is 2.02. The molecule has 0 radical (unpaired) electrons. The summed E-state index contributed by atoms with van der Waals surface area (Å²) >= 11 is 3.38. The van der Waals surface area contributed by atoms with E-state index in [2.05, 4.69) is 15.9 Å². The zero-order valence-corrected chi connectivity index (χ0v) is 12.5. The van der Waals surface area contributed by atoms with E-state index < -0.39 is 11.9 Å². The lowest BCUT2D eigenvalue weighted by Crippen LogP contribution is -2.53. The van der Waals surface area contributed by atoms with Crippen LogP contribution in [0.5, 0.6) is 0 Å². The first kappa shape index (κ1) is 14.1. The van der Waals surface area contributed by atoms with Crippen molar-refractivity contribution >= 4 is 27.8 Å². The van der Waals surface area contributed by atoms with E-state index in [1.165, 1.54) is 0 Å². The quantitative estimate of drug-likeness (QED) is 0.929. The highest BCUT2D eigenvalue weighted by Gasteiger charge is 2.37. The third-order valence-electron chi connectivity index (χ3n) is 3.58. The third kappa shape index (κ3) is 2.97. The van der Waals surface area contributed by atoms with Crippen molar-refractivity contribution in [3.8, 4) is 0 Å². The van der Waals surface area contributed by atoms with Crippen LogP contribution < -0.4 is 0 Å². The molecule has 4 nitrogen and oxygen atoms in total. The van der Waals surface area contributed by atoms with Crippen LogP contribution in [0.15, 0.2) is 22.7 Å². The zero-order valence-electron chi connectivity index (χ0n) is 10.9. The predicted octanol–water partition coefficient (Wildman–Crippen LogP) is 2.55. The van der Waals surface area contributed by atoms with Crippen molar-refractivity contribution in [3.63, 3.8) is 0 Å². The molecule has 1 aliphatic heterocycles. The van der Waals surface area contributed by atoms with Gasteiger partial charge in [0.15, 0.2) is 0 Å². The Morgan fingerprint density at radius 3 is 2.53 bits per heavy atom. The highest BCUT2D eigenvalue weighted by atomic mass is 79.9. The number of nitrogens with zero attached hydrogens (tertiary/aromatic N) is 1. The van der Waals surface area contributed by atoms with E-state index in [9.17, 15) is 9.59 Å². The first-order valence-electron chi connectivity index (χ1n) is 6.17. The number of carbonyl (C=O) groups is 2. The van der Waals surface area contributed by atoms with E-state index in [0.29, 0.717) is 18.7 Å². The van der Waals surface area contributed by atoms with E-state index in [0.717, 1.165) is 10.0 Å². The molecule has 1 unspecified atom stereocenters. The number of halogens is 1. The maximum atomic E-state index is 12.2. The van der Waals surface area contributed by atoms with Crippen LogP contribution in [-0.2, 0) is 4.79 Å². The summed E-state index contributed by atoms with van der Waals surface area (Å²) in [6.45, 7) is 4.68. The molecule has 1 amide bonds. The van der Waals surface area contributed by atoms with Gasteiger partial charge in [0.2, 0.25) is 0 Å². The minimum atomic E-state index is -0.796. The highest BCUT2D eigenvalue weighted by molar-refractivity contribution is 9.10. The Kier molecular flexibility index (Phi) is 3.94. The van der Waals surface area contributed by atoms with Gasteiger partial charge in [-0.2, -0.15) is 0 Å². The van der Waals surface area contributed by atoms with E-state index in [1.807, 2.05) is 19.1 Å². The Labute approximate surface area is 120 Å². The lowest BCUT2D eigenvalue weighted by Gasteiger charge is -2.41. The number of rotatable bonds is 3. The van der Waals surface area contributed by atoms with Crippen molar-refractivity contribution in [2.45, 2.75) is 13.8 Å². The second-order valence-corrected chi connectivity index (χ2v) is 6.03. The van der Waals surface area contributed by atoms with E-state index in [4.69, 9.17) is 5.11 Å². The third-order valence-corrected chi connectivity index (χ3v) is 4.04. The van der Waals surface area contributed by atoms with Crippen molar-refractivity contribution < 1.29 is 14.7 Å². The first-order chi connectivity index (χ1) is 8.88. The standard InChI is InChI=1S/C14H16BrNO3/c1-8-3-10(5-12(15)4-8)13(17)16-6-11(7-16)9(2)14(18)19/h3-5,9,11H,6-7H2,1-2H3,(H,18,19). The maximum Gasteiger partial charge on any atom is 0.306 e. The van der Waals surface area contributed by atoms with E-state index in [-0.39, 0.29) is 11.8 Å². The molecule has 1 aliphatic rings. The molecule has 1 saturated heterocycles. The Morgan fingerprint density at radius 1 is 1.37 bits per heavy atom. The number of carboxylic acids is 1. The van der Waals surface area contributed by atoms with Gasteiger partial charge in [-0.05, 0) is 30.7 Å². The number of aliphatic carboxylic acids is 1. The predicted molar refractivity (Wildman–Crippen MR) is 75.1 cm³/mol. The van der Waals surface area contributed by atoms with Gasteiger partial charge in [-0.1, -0.05) is 22.9 Å². The van der Waals surface area contributed by atoms with Gasteiger partial charge in [0, 0.05) is 29.0 Å². The molecule has 0 saturated carbocycles. The Hall–Kier alpha value is -1.36. The molecule has 5 heteroatoms. The summed E-state index contributed by atoms with van der Waals surface area (Å²) in [6, 6.07) is 5.59. The van der Waals surface area contributed by atoms with Crippen LogP contribution in [-0.4, -0.2) is 35.0 Å². The maximum absolute atomic E-state index is 12.2. The average molecular weight is 326 g/mol. The van der Waals surface area contributed by atoms with Crippen LogP contribution in [0.2, 0.25) is 0 Å². The number of carbonyl (C=O) groups excluding carboxylic acids is 1. The van der Waals surface area contributed by atoms with Crippen molar-refractivity contribution in [2.75, 3.05) is 13.1 Å². The van der Waals surface area contributed by atoms with Gasteiger partial charge >= 0.3 is 5.97 Å². The summed E-state index contributed by atoms with van der Waals surface area (Å²) in [5.74, 6) is -1.16. The molecular weight excluding hydrogens is 310 g/mol. The number of hydrogen-bond acceptors (Lipinski definition) is 2. The van der Waals surface area contributed by atoms with Gasteiger partial charge < -0.3 is 10.0 Å². The van der Waals surface area contributed by atoms with Gasteiger partial charge in [-0.25, -0.2) is 0 Å². The molecule has 1 atom stereocenters. The number of carboxylic acid groups (broad SMARTS) is 1.